The molecular weight excluding hydrogens is 224 g/mol. The topological polar surface area (TPSA) is 46.3 Å². The first-order valence-corrected chi connectivity index (χ1v) is 5.93. The van der Waals surface area contributed by atoms with Gasteiger partial charge in [0.2, 0.25) is 0 Å². The zero-order valence-electron chi connectivity index (χ0n) is 10.2. The summed E-state index contributed by atoms with van der Waals surface area (Å²) in [6.07, 6.45) is 0. The Labute approximate surface area is 106 Å². The van der Waals surface area contributed by atoms with Gasteiger partial charge in [-0.3, -0.25) is 4.79 Å². The molecule has 1 amide bonds. The van der Waals surface area contributed by atoms with Gasteiger partial charge in [0.15, 0.2) is 0 Å². The van der Waals surface area contributed by atoms with Crippen molar-refractivity contribution in [2.24, 2.45) is 0 Å². The summed E-state index contributed by atoms with van der Waals surface area (Å²) >= 11 is 0. The van der Waals surface area contributed by atoms with Crippen molar-refractivity contribution in [3.8, 4) is 0 Å². The van der Waals surface area contributed by atoms with Gasteiger partial charge in [0.25, 0.3) is 5.91 Å². The number of benzene rings is 2. The lowest BCUT2D eigenvalue weighted by Gasteiger charge is -2.16. The summed E-state index contributed by atoms with van der Waals surface area (Å²) in [4.78, 5) is 14.1. The molecule has 3 heteroatoms. The molecule has 2 N–H and O–H groups in total. The SMILES string of the molecule is Cc1cccc(N2Cc3cccc(N)c3C2=O)c1. The minimum atomic E-state index is -0.00583. The third-order valence-electron chi connectivity index (χ3n) is 3.28. The van der Waals surface area contributed by atoms with Gasteiger partial charge in [-0.05, 0) is 36.2 Å². The number of amides is 1. The van der Waals surface area contributed by atoms with Crippen molar-refractivity contribution in [3.63, 3.8) is 0 Å². The Bertz CT molecular complexity index is 634. The molecule has 1 aliphatic rings. The van der Waals surface area contributed by atoms with Gasteiger partial charge in [-0.25, -0.2) is 0 Å². The fraction of sp³-hybridized carbons (Fsp3) is 0.133. The number of rotatable bonds is 1. The first-order valence-electron chi connectivity index (χ1n) is 5.93. The van der Waals surface area contributed by atoms with Gasteiger partial charge in [0.1, 0.15) is 0 Å². The number of carbonyl (C=O) groups excluding carboxylic acids is 1. The monoisotopic (exact) mass is 238 g/mol. The van der Waals surface area contributed by atoms with E-state index in [1.54, 1.807) is 11.0 Å². The van der Waals surface area contributed by atoms with Crippen molar-refractivity contribution in [1.82, 2.24) is 0 Å². The van der Waals surface area contributed by atoms with E-state index in [4.69, 9.17) is 5.73 Å². The summed E-state index contributed by atoms with van der Waals surface area (Å²) < 4.78 is 0. The predicted octanol–water partition coefficient (Wildman–Crippen LogP) is 2.74. The molecule has 2 aromatic rings. The van der Waals surface area contributed by atoms with Gasteiger partial charge in [0.05, 0.1) is 12.1 Å². The first kappa shape index (κ1) is 10.8. The number of fused-ring (bicyclic) bond motifs is 1. The van der Waals surface area contributed by atoms with E-state index in [1.165, 1.54) is 0 Å². The standard InChI is InChI=1S/C15H14N2O/c1-10-4-2-6-12(8-10)17-9-11-5-3-7-13(16)14(11)15(17)18/h2-8H,9,16H2,1H3. The molecule has 3 nitrogen and oxygen atoms in total. The molecule has 0 fully saturated rings. The second-order valence-electron chi connectivity index (χ2n) is 4.61. The predicted molar refractivity (Wildman–Crippen MR) is 72.5 cm³/mol. The summed E-state index contributed by atoms with van der Waals surface area (Å²) in [5, 5.41) is 0. The highest BCUT2D eigenvalue weighted by molar-refractivity contribution is 6.13. The Morgan fingerprint density at radius 3 is 2.67 bits per heavy atom. The summed E-state index contributed by atoms with van der Waals surface area (Å²) in [5.74, 6) is -0.00583. The van der Waals surface area contributed by atoms with Gasteiger partial charge >= 0.3 is 0 Å². The van der Waals surface area contributed by atoms with Crippen LogP contribution >= 0.6 is 0 Å². The number of hydrogen-bond donors (Lipinski definition) is 1. The van der Waals surface area contributed by atoms with E-state index in [9.17, 15) is 4.79 Å². The van der Waals surface area contributed by atoms with Crippen molar-refractivity contribution in [3.05, 3.63) is 59.2 Å². The molecule has 0 saturated heterocycles. The summed E-state index contributed by atoms with van der Waals surface area (Å²) in [7, 11) is 0. The maximum absolute atomic E-state index is 12.4. The lowest BCUT2D eigenvalue weighted by atomic mass is 10.1. The molecular formula is C15H14N2O. The van der Waals surface area contributed by atoms with Gasteiger partial charge in [-0.15, -0.1) is 0 Å². The molecule has 0 unspecified atom stereocenters. The number of nitrogens with two attached hydrogens (primary N) is 1. The van der Waals surface area contributed by atoms with Crippen LogP contribution in [0.5, 0.6) is 0 Å². The Hall–Kier alpha value is -2.29. The average molecular weight is 238 g/mol. The maximum Gasteiger partial charge on any atom is 0.261 e. The van der Waals surface area contributed by atoms with E-state index in [2.05, 4.69) is 0 Å². The first-order chi connectivity index (χ1) is 8.66. The summed E-state index contributed by atoms with van der Waals surface area (Å²) in [6.45, 7) is 2.62. The Kier molecular flexibility index (Phi) is 2.33. The van der Waals surface area contributed by atoms with Crippen LogP contribution in [0.25, 0.3) is 0 Å². The molecule has 0 atom stereocenters. The molecule has 0 spiro atoms. The zero-order valence-corrected chi connectivity index (χ0v) is 10.2. The van der Waals surface area contributed by atoms with Crippen LogP contribution in [0.15, 0.2) is 42.5 Å². The van der Waals surface area contributed by atoms with Crippen molar-refractivity contribution < 1.29 is 4.79 Å². The molecule has 1 aliphatic heterocycles. The summed E-state index contributed by atoms with van der Waals surface area (Å²) in [5.41, 5.74) is 10.2. The number of anilines is 2. The minimum absolute atomic E-state index is 0.00583. The molecule has 90 valence electrons. The molecule has 1 heterocycles. The van der Waals surface area contributed by atoms with Crippen LogP contribution in [-0.4, -0.2) is 5.91 Å². The van der Waals surface area contributed by atoms with E-state index in [-0.39, 0.29) is 5.91 Å². The Morgan fingerprint density at radius 1 is 1.17 bits per heavy atom. The van der Waals surface area contributed by atoms with Gasteiger partial charge in [-0.1, -0.05) is 24.3 Å². The number of aryl methyl sites for hydroxylation is 1. The molecule has 0 saturated carbocycles. The fourth-order valence-corrected chi connectivity index (χ4v) is 2.39. The zero-order chi connectivity index (χ0) is 12.7. The van der Waals surface area contributed by atoms with Crippen molar-refractivity contribution in [2.75, 3.05) is 10.6 Å². The number of nitrogen functional groups attached to an aromatic ring is 1. The van der Waals surface area contributed by atoms with Gasteiger partial charge < -0.3 is 10.6 Å². The van der Waals surface area contributed by atoms with Crippen LogP contribution in [0.4, 0.5) is 11.4 Å². The number of nitrogens with zero attached hydrogens (tertiary/aromatic N) is 1. The molecule has 0 aliphatic carbocycles. The third kappa shape index (κ3) is 1.56. The maximum atomic E-state index is 12.4. The summed E-state index contributed by atoms with van der Waals surface area (Å²) in [6, 6.07) is 13.6. The van der Waals surface area contributed by atoms with E-state index >= 15 is 0 Å². The number of carbonyl (C=O) groups is 1. The molecule has 0 bridgehead atoms. The van der Waals surface area contributed by atoms with Crippen LogP contribution in [0.1, 0.15) is 21.5 Å². The Balaban J connectivity index is 2.05. The smallest absolute Gasteiger partial charge is 0.261 e. The Morgan fingerprint density at radius 2 is 1.94 bits per heavy atom. The van der Waals surface area contributed by atoms with Crippen LogP contribution < -0.4 is 10.6 Å². The minimum Gasteiger partial charge on any atom is -0.398 e. The second-order valence-corrected chi connectivity index (χ2v) is 4.61. The number of hydrogen-bond acceptors (Lipinski definition) is 2. The normalized spacial score (nSPS) is 13.8. The van der Waals surface area contributed by atoms with Crippen molar-refractivity contribution in [1.29, 1.82) is 0 Å². The third-order valence-corrected chi connectivity index (χ3v) is 3.28. The molecule has 2 aromatic carbocycles. The van der Waals surface area contributed by atoms with E-state index in [1.807, 2.05) is 43.3 Å². The lowest BCUT2D eigenvalue weighted by Crippen LogP contribution is -2.23. The average Bonchev–Trinajstić information content (AvgIpc) is 2.68. The second kappa shape index (κ2) is 3.88. The molecule has 0 radical (unpaired) electrons. The highest BCUT2D eigenvalue weighted by Gasteiger charge is 2.30. The van der Waals surface area contributed by atoms with Crippen molar-refractivity contribution in [2.45, 2.75) is 13.5 Å². The van der Waals surface area contributed by atoms with E-state index in [0.717, 1.165) is 16.8 Å². The van der Waals surface area contributed by atoms with Crippen LogP contribution in [-0.2, 0) is 6.54 Å². The highest BCUT2D eigenvalue weighted by Crippen LogP contribution is 2.31. The van der Waals surface area contributed by atoms with E-state index in [0.29, 0.717) is 17.8 Å². The highest BCUT2D eigenvalue weighted by atomic mass is 16.2. The van der Waals surface area contributed by atoms with Crippen molar-refractivity contribution >= 4 is 17.3 Å². The van der Waals surface area contributed by atoms with Crippen LogP contribution in [0.2, 0.25) is 0 Å². The molecule has 0 aromatic heterocycles. The van der Waals surface area contributed by atoms with E-state index < -0.39 is 0 Å². The molecule has 3 rings (SSSR count). The van der Waals surface area contributed by atoms with Crippen LogP contribution in [0.3, 0.4) is 0 Å². The van der Waals surface area contributed by atoms with Crippen LogP contribution in [0, 0.1) is 6.92 Å². The van der Waals surface area contributed by atoms with Gasteiger partial charge in [0, 0.05) is 11.4 Å². The van der Waals surface area contributed by atoms with Gasteiger partial charge in [-0.2, -0.15) is 0 Å². The fourth-order valence-electron chi connectivity index (χ4n) is 2.39. The molecule has 18 heavy (non-hydrogen) atoms. The largest absolute Gasteiger partial charge is 0.398 e. The quantitative estimate of drug-likeness (QED) is 0.776. The lowest BCUT2D eigenvalue weighted by molar-refractivity contribution is 0.0997.